The molecule has 0 aliphatic rings. The summed E-state index contributed by atoms with van der Waals surface area (Å²) in [5, 5.41) is 4.25. The van der Waals surface area contributed by atoms with Crippen molar-refractivity contribution in [1.82, 2.24) is 24.7 Å². The number of alkyl halides is 3. The van der Waals surface area contributed by atoms with Gasteiger partial charge in [0.2, 0.25) is 0 Å². The van der Waals surface area contributed by atoms with E-state index in [2.05, 4.69) is 20.1 Å². The van der Waals surface area contributed by atoms with Crippen molar-refractivity contribution >= 4 is 34.5 Å². The summed E-state index contributed by atoms with van der Waals surface area (Å²) in [5.41, 5.74) is 0.126. The van der Waals surface area contributed by atoms with Crippen LogP contribution in [0.5, 0.6) is 0 Å². The van der Waals surface area contributed by atoms with Crippen LogP contribution in [0.3, 0.4) is 0 Å². The second-order valence-electron chi connectivity index (χ2n) is 7.72. The molecule has 0 unspecified atom stereocenters. The molecular weight excluding hydrogens is 503 g/mol. The molecule has 12 heteroatoms. The first-order chi connectivity index (χ1) is 16.6. The lowest BCUT2D eigenvalue weighted by Gasteiger charge is -2.09. The highest BCUT2D eigenvalue weighted by Gasteiger charge is 2.34. The zero-order valence-electron chi connectivity index (χ0n) is 18.2. The molecule has 0 saturated heterocycles. The molecule has 0 amide bonds. The van der Waals surface area contributed by atoms with Crippen molar-refractivity contribution in [3.05, 3.63) is 87.1 Å². The minimum absolute atomic E-state index is 0.0453. The minimum atomic E-state index is -4.65. The van der Waals surface area contributed by atoms with E-state index in [1.807, 2.05) is 6.92 Å². The van der Waals surface area contributed by atoms with Crippen LogP contribution in [-0.4, -0.2) is 36.3 Å². The molecule has 0 aliphatic heterocycles. The number of aromatic nitrogens is 5. The van der Waals surface area contributed by atoms with Gasteiger partial charge in [0.1, 0.15) is 0 Å². The van der Waals surface area contributed by atoms with Gasteiger partial charge in [-0.15, -0.1) is 11.3 Å². The Morgan fingerprint density at radius 2 is 1.86 bits per heavy atom. The number of Topliss-reactive ketones (excluding diaryl/α,β-unsaturated/α-hetero) is 2. The number of halogens is 4. The Morgan fingerprint density at radius 3 is 2.57 bits per heavy atom. The summed E-state index contributed by atoms with van der Waals surface area (Å²) in [7, 11) is 0. The lowest BCUT2D eigenvalue weighted by molar-refractivity contribution is -0.137. The van der Waals surface area contributed by atoms with Crippen molar-refractivity contribution < 1.29 is 22.8 Å². The van der Waals surface area contributed by atoms with Crippen molar-refractivity contribution in [2.24, 2.45) is 0 Å². The minimum Gasteiger partial charge on any atom is -0.294 e. The Morgan fingerprint density at radius 1 is 1.11 bits per heavy atom. The summed E-state index contributed by atoms with van der Waals surface area (Å²) in [6.45, 7) is 1.81. The lowest BCUT2D eigenvalue weighted by Crippen LogP contribution is -2.10. The fourth-order valence-electron chi connectivity index (χ4n) is 3.28. The summed E-state index contributed by atoms with van der Waals surface area (Å²) in [4.78, 5) is 37.6. The summed E-state index contributed by atoms with van der Waals surface area (Å²) in [6.07, 6.45) is 3.80. The predicted octanol–water partition coefficient (Wildman–Crippen LogP) is 5.59. The molecule has 0 aliphatic carbocycles. The highest BCUT2D eigenvalue weighted by Crippen LogP contribution is 2.35. The summed E-state index contributed by atoms with van der Waals surface area (Å²) in [5.74, 6) is -0.830. The van der Waals surface area contributed by atoms with Gasteiger partial charge in [-0.1, -0.05) is 18.5 Å². The number of carbonyl (C=O) groups excluding carboxylic acids is 2. The van der Waals surface area contributed by atoms with Gasteiger partial charge in [-0.25, -0.2) is 9.67 Å². The molecule has 1 atom stereocenters. The van der Waals surface area contributed by atoms with E-state index in [4.69, 9.17) is 11.6 Å². The predicted molar refractivity (Wildman–Crippen MR) is 123 cm³/mol. The van der Waals surface area contributed by atoms with E-state index < -0.39 is 22.5 Å². The van der Waals surface area contributed by atoms with Crippen molar-refractivity contribution in [3.63, 3.8) is 0 Å². The largest absolute Gasteiger partial charge is 0.417 e. The van der Waals surface area contributed by atoms with Gasteiger partial charge in [-0.2, -0.15) is 18.3 Å². The van der Waals surface area contributed by atoms with Crippen LogP contribution in [0.2, 0.25) is 5.02 Å². The highest BCUT2D eigenvalue weighted by atomic mass is 35.5. The highest BCUT2D eigenvalue weighted by molar-refractivity contribution is 7.13. The monoisotopic (exact) mass is 519 g/mol. The number of pyridine rings is 2. The number of hydrogen-bond acceptors (Lipinski definition) is 7. The molecule has 0 aromatic carbocycles. The normalized spacial score (nSPS) is 12.5. The Labute approximate surface area is 206 Å². The summed E-state index contributed by atoms with van der Waals surface area (Å²) >= 11 is 6.68. The molecule has 7 nitrogen and oxygen atoms in total. The van der Waals surface area contributed by atoms with E-state index in [-0.39, 0.29) is 35.1 Å². The fourth-order valence-corrected chi connectivity index (χ4v) is 4.40. The van der Waals surface area contributed by atoms with Gasteiger partial charge in [0.05, 0.1) is 44.3 Å². The zero-order valence-corrected chi connectivity index (χ0v) is 19.7. The third-order valence-corrected chi connectivity index (χ3v) is 6.67. The van der Waals surface area contributed by atoms with Crippen LogP contribution in [0.25, 0.3) is 5.69 Å². The number of rotatable bonds is 8. The Kier molecular flexibility index (Phi) is 7.08. The number of carbonyl (C=O) groups is 2. The maximum absolute atomic E-state index is 13.1. The lowest BCUT2D eigenvalue weighted by atomic mass is 10.0. The van der Waals surface area contributed by atoms with Gasteiger partial charge >= 0.3 is 6.18 Å². The van der Waals surface area contributed by atoms with E-state index in [9.17, 15) is 22.8 Å². The summed E-state index contributed by atoms with van der Waals surface area (Å²) in [6, 6.07) is 4.30. The Hall–Kier alpha value is -3.44. The average Bonchev–Trinajstić information content (AvgIpc) is 3.51. The molecular formula is C23H17ClF3N5O2S. The van der Waals surface area contributed by atoms with Crippen molar-refractivity contribution in [2.75, 3.05) is 0 Å². The van der Waals surface area contributed by atoms with E-state index >= 15 is 0 Å². The molecule has 0 spiro atoms. The maximum atomic E-state index is 13.1. The van der Waals surface area contributed by atoms with Gasteiger partial charge in [-0.3, -0.25) is 19.6 Å². The van der Waals surface area contributed by atoms with Crippen LogP contribution in [0.1, 0.15) is 55.6 Å². The van der Waals surface area contributed by atoms with Crippen LogP contribution < -0.4 is 0 Å². The topological polar surface area (TPSA) is 90.6 Å². The van der Waals surface area contributed by atoms with Crippen molar-refractivity contribution in [2.45, 2.75) is 31.9 Å². The summed E-state index contributed by atoms with van der Waals surface area (Å²) < 4.78 is 40.7. The molecule has 0 radical (unpaired) electrons. The third-order valence-electron chi connectivity index (χ3n) is 5.10. The van der Waals surface area contributed by atoms with Crippen LogP contribution in [0.4, 0.5) is 13.2 Å². The van der Waals surface area contributed by atoms with E-state index in [1.54, 1.807) is 35.4 Å². The van der Waals surface area contributed by atoms with Gasteiger partial charge < -0.3 is 0 Å². The molecule has 0 saturated carbocycles. The quantitative estimate of drug-likeness (QED) is 0.282. The van der Waals surface area contributed by atoms with Crippen LogP contribution in [-0.2, 0) is 12.6 Å². The zero-order chi connectivity index (χ0) is 25.2. The van der Waals surface area contributed by atoms with Crippen LogP contribution in [0, 0.1) is 0 Å². The Balaban J connectivity index is 1.41. The molecule has 0 fully saturated rings. The smallest absolute Gasteiger partial charge is 0.294 e. The number of ketones is 2. The van der Waals surface area contributed by atoms with Gasteiger partial charge in [0, 0.05) is 49.0 Å². The van der Waals surface area contributed by atoms with Gasteiger partial charge in [-0.05, 0) is 18.2 Å². The molecule has 180 valence electrons. The second kappa shape index (κ2) is 10.0. The SMILES string of the molecule is C[C@@H](CC(=O)c1cnn(-c2ccncc2)c1)c1ncc(C(=O)Cc2cc(C(F)(F)F)c(Cl)cn2)s1. The Bertz CT molecular complexity index is 1370. The first kappa shape index (κ1) is 24.7. The molecule has 4 aromatic heterocycles. The molecule has 4 heterocycles. The number of thiazole rings is 1. The second-order valence-corrected chi connectivity index (χ2v) is 9.19. The average molecular weight is 520 g/mol. The first-order valence-corrected chi connectivity index (χ1v) is 11.5. The van der Waals surface area contributed by atoms with Crippen molar-refractivity contribution in [3.8, 4) is 5.69 Å². The van der Waals surface area contributed by atoms with Crippen molar-refractivity contribution in [1.29, 1.82) is 0 Å². The number of nitrogens with zero attached hydrogens (tertiary/aromatic N) is 5. The van der Waals surface area contributed by atoms with Crippen LogP contribution >= 0.6 is 22.9 Å². The third kappa shape index (κ3) is 5.80. The van der Waals surface area contributed by atoms with E-state index in [1.165, 1.54) is 12.4 Å². The molecule has 0 N–H and O–H groups in total. The van der Waals surface area contributed by atoms with Gasteiger partial charge in [0.25, 0.3) is 0 Å². The molecule has 4 rings (SSSR count). The van der Waals surface area contributed by atoms with Gasteiger partial charge in [0.15, 0.2) is 11.6 Å². The van der Waals surface area contributed by atoms with Crippen LogP contribution in [0.15, 0.2) is 55.4 Å². The van der Waals surface area contributed by atoms with E-state index in [0.29, 0.717) is 10.6 Å². The molecule has 35 heavy (non-hydrogen) atoms. The maximum Gasteiger partial charge on any atom is 0.417 e. The van der Waals surface area contributed by atoms with E-state index in [0.717, 1.165) is 29.3 Å². The standard InChI is InChI=1S/C23H17ClF3N5O2S/c1-13(6-19(33)14-9-31-32(12-14)16-2-4-28-5-3-16)22-30-11-21(35-22)20(34)8-15-7-17(23(25,26)27)18(24)10-29-15/h2-5,7,9-13H,6,8H2,1H3/t13-/m0/s1. The fraction of sp³-hybridized carbons (Fsp3) is 0.217. The molecule has 4 aromatic rings. The number of hydrogen-bond donors (Lipinski definition) is 0. The molecule has 0 bridgehead atoms. The first-order valence-electron chi connectivity index (χ1n) is 10.3.